The van der Waals surface area contributed by atoms with Crippen LogP contribution >= 0.6 is 11.6 Å². The number of hydrogen-bond acceptors (Lipinski definition) is 6. The van der Waals surface area contributed by atoms with Crippen LogP contribution in [0, 0.1) is 5.82 Å². The van der Waals surface area contributed by atoms with Crippen molar-refractivity contribution in [2.24, 2.45) is 0 Å². The Labute approximate surface area is 221 Å². The van der Waals surface area contributed by atoms with E-state index in [-0.39, 0.29) is 30.0 Å². The number of nitrogens with one attached hydrogen (secondary N) is 2. The molecule has 0 aliphatic carbocycles. The van der Waals surface area contributed by atoms with Crippen LogP contribution in [0.25, 0.3) is 5.69 Å². The predicted octanol–water partition coefficient (Wildman–Crippen LogP) is 3.68. The highest BCUT2D eigenvalue weighted by molar-refractivity contribution is 6.30. The van der Waals surface area contributed by atoms with Crippen molar-refractivity contribution in [3.8, 4) is 5.69 Å². The maximum absolute atomic E-state index is 15.1. The number of likely N-dealkylation sites (tertiary alicyclic amines) is 1. The van der Waals surface area contributed by atoms with Crippen molar-refractivity contribution < 1.29 is 28.2 Å². The summed E-state index contributed by atoms with van der Waals surface area (Å²) in [6, 6.07) is 12.7. The molecule has 2 unspecified atom stereocenters. The molecule has 2 atom stereocenters. The summed E-state index contributed by atoms with van der Waals surface area (Å²) in [5, 5.41) is 5.73. The molecule has 2 heterocycles. The van der Waals surface area contributed by atoms with Crippen LogP contribution < -0.4 is 16.2 Å². The van der Waals surface area contributed by atoms with Crippen molar-refractivity contribution in [3.63, 3.8) is 0 Å². The monoisotopic (exact) mass is 542 g/mol. The molecular weight excluding hydrogens is 519 g/mol. The lowest BCUT2D eigenvalue weighted by Crippen LogP contribution is -2.45. The summed E-state index contributed by atoms with van der Waals surface area (Å²) in [6.45, 7) is 0.155. The van der Waals surface area contributed by atoms with Gasteiger partial charge in [0, 0.05) is 42.9 Å². The first-order valence-electron chi connectivity index (χ1n) is 11.5. The normalized spacial score (nSPS) is 16.7. The first kappa shape index (κ1) is 26.8. The third-order valence-corrected chi connectivity index (χ3v) is 6.32. The molecule has 4 rings (SSSR count). The predicted molar refractivity (Wildman–Crippen MR) is 138 cm³/mol. The van der Waals surface area contributed by atoms with Gasteiger partial charge in [-0.1, -0.05) is 17.7 Å². The number of urea groups is 1. The Hall–Kier alpha value is -4.22. The third-order valence-electron chi connectivity index (χ3n) is 6.07. The summed E-state index contributed by atoms with van der Waals surface area (Å²) in [7, 11) is 2.65. The maximum Gasteiger partial charge on any atom is 0.355 e. The van der Waals surface area contributed by atoms with Gasteiger partial charge in [0.1, 0.15) is 17.6 Å². The molecule has 1 fully saturated rings. The number of carbonyl (C=O) groups excluding carboxylic acids is 3. The number of nitrogens with zero attached hydrogens (tertiary/aromatic N) is 2. The van der Waals surface area contributed by atoms with Gasteiger partial charge in [0.25, 0.3) is 5.56 Å². The van der Waals surface area contributed by atoms with Crippen molar-refractivity contribution in [2.75, 3.05) is 31.4 Å². The van der Waals surface area contributed by atoms with Crippen LogP contribution in [-0.2, 0) is 14.3 Å². The molecule has 0 saturated carbocycles. The van der Waals surface area contributed by atoms with Gasteiger partial charge in [-0.15, -0.1) is 0 Å². The Morgan fingerprint density at radius 1 is 1.03 bits per heavy atom. The Kier molecular flexibility index (Phi) is 8.08. The van der Waals surface area contributed by atoms with Crippen LogP contribution in [0.15, 0.2) is 65.5 Å². The van der Waals surface area contributed by atoms with E-state index >= 15 is 4.39 Å². The van der Waals surface area contributed by atoms with E-state index < -0.39 is 41.4 Å². The molecule has 12 heteroatoms. The second kappa shape index (κ2) is 11.4. The number of rotatable bonds is 6. The van der Waals surface area contributed by atoms with E-state index in [2.05, 4.69) is 10.6 Å². The minimum absolute atomic E-state index is 0.0655. The second-order valence-electron chi connectivity index (χ2n) is 8.43. The summed E-state index contributed by atoms with van der Waals surface area (Å²) >= 11 is 5.89. The summed E-state index contributed by atoms with van der Waals surface area (Å²) in [5.41, 5.74) is -0.265. The first-order chi connectivity index (χ1) is 18.2. The largest absolute Gasteiger partial charge is 0.464 e. The van der Waals surface area contributed by atoms with E-state index in [1.165, 1.54) is 49.5 Å². The van der Waals surface area contributed by atoms with Crippen molar-refractivity contribution in [2.45, 2.75) is 18.6 Å². The highest BCUT2D eigenvalue weighted by atomic mass is 35.5. The lowest BCUT2D eigenvalue weighted by molar-refractivity contribution is -0.119. The van der Waals surface area contributed by atoms with E-state index in [0.29, 0.717) is 10.7 Å². The third kappa shape index (κ3) is 5.68. The van der Waals surface area contributed by atoms with E-state index in [0.717, 1.165) is 10.6 Å². The zero-order chi connectivity index (χ0) is 27.4. The molecule has 1 aliphatic rings. The molecule has 0 radical (unpaired) electrons. The van der Waals surface area contributed by atoms with Crippen LogP contribution in [0.2, 0.25) is 5.02 Å². The molecular formula is C26H24ClFN4O6. The fourth-order valence-corrected chi connectivity index (χ4v) is 4.28. The van der Waals surface area contributed by atoms with Crippen molar-refractivity contribution in [1.29, 1.82) is 0 Å². The molecule has 10 nitrogen and oxygen atoms in total. The SMILES string of the molecule is COC(=O)c1cccc(=O)n1-c1ccc(NC(=O)C2CC(OC)CN2C(=O)Nc2ccc(Cl)cc2)c(F)c1. The molecule has 0 bridgehead atoms. The van der Waals surface area contributed by atoms with Crippen LogP contribution in [-0.4, -0.2) is 60.3 Å². The lowest BCUT2D eigenvalue weighted by atomic mass is 10.1. The van der Waals surface area contributed by atoms with E-state index in [1.54, 1.807) is 24.3 Å². The Morgan fingerprint density at radius 3 is 2.42 bits per heavy atom. The van der Waals surface area contributed by atoms with Crippen molar-refractivity contribution in [3.05, 3.63) is 87.6 Å². The molecule has 3 amide bonds. The summed E-state index contributed by atoms with van der Waals surface area (Å²) in [5.74, 6) is -2.23. The number of amides is 3. The number of carbonyl (C=O) groups is 3. The zero-order valence-electron chi connectivity index (χ0n) is 20.4. The van der Waals surface area contributed by atoms with Gasteiger partial charge < -0.3 is 25.0 Å². The molecule has 2 N–H and O–H groups in total. The number of esters is 1. The number of methoxy groups -OCH3 is 2. The Morgan fingerprint density at radius 2 is 1.76 bits per heavy atom. The topological polar surface area (TPSA) is 119 Å². The van der Waals surface area contributed by atoms with E-state index in [9.17, 15) is 19.2 Å². The van der Waals surface area contributed by atoms with Crippen molar-refractivity contribution >= 4 is 40.9 Å². The number of halogens is 2. The van der Waals surface area contributed by atoms with Crippen LogP contribution in [0.3, 0.4) is 0 Å². The highest BCUT2D eigenvalue weighted by Gasteiger charge is 2.40. The van der Waals surface area contributed by atoms with Crippen LogP contribution in [0.4, 0.5) is 20.6 Å². The van der Waals surface area contributed by atoms with Crippen molar-refractivity contribution in [1.82, 2.24) is 9.47 Å². The highest BCUT2D eigenvalue weighted by Crippen LogP contribution is 2.25. The molecule has 0 spiro atoms. The minimum Gasteiger partial charge on any atom is -0.464 e. The van der Waals surface area contributed by atoms with E-state index in [1.807, 2.05) is 0 Å². The Balaban J connectivity index is 1.54. The average molecular weight is 543 g/mol. The van der Waals surface area contributed by atoms with Crippen LogP contribution in [0.1, 0.15) is 16.9 Å². The number of aromatic nitrogens is 1. The molecule has 1 saturated heterocycles. The molecule has 38 heavy (non-hydrogen) atoms. The van der Waals surface area contributed by atoms with Gasteiger partial charge in [0.15, 0.2) is 0 Å². The molecule has 2 aromatic carbocycles. The quantitative estimate of drug-likeness (QED) is 0.459. The van der Waals surface area contributed by atoms with E-state index in [4.69, 9.17) is 21.1 Å². The number of ether oxygens (including phenoxy) is 2. The maximum atomic E-state index is 15.1. The standard InChI is InChI=1S/C26H24ClFN4O6/c1-37-18-13-22(31(14-18)26(36)29-16-8-6-15(27)7-9-16)24(34)30-20-11-10-17(12-19(20)28)32-21(25(35)38-2)4-3-5-23(32)33/h3-12,18,22H,13-14H2,1-2H3,(H,29,36)(H,30,34). The molecule has 198 valence electrons. The van der Waals surface area contributed by atoms with Gasteiger partial charge in [0.05, 0.1) is 24.6 Å². The fraction of sp³-hybridized carbons (Fsp3) is 0.231. The van der Waals surface area contributed by atoms with Gasteiger partial charge in [0.2, 0.25) is 5.91 Å². The van der Waals surface area contributed by atoms with Crippen LogP contribution in [0.5, 0.6) is 0 Å². The van der Waals surface area contributed by atoms with Gasteiger partial charge in [-0.05, 0) is 42.5 Å². The zero-order valence-corrected chi connectivity index (χ0v) is 21.2. The fourth-order valence-electron chi connectivity index (χ4n) is 4.15. The molecule has 3 aromatic rings. The van der Waals surface area contributed by atoms with Gasteiger partial charge in [-0.3, -0.25) is 14.2 Å². The summed E-state index contributed by atoms with van der Waals surface area (Å²) in [6.07, 6.45) is -0.187. The second-order valence-corrected chi connectivity index (χ2v) is 8.86. The smallest absolute Gasteiger partial charge is 0.355 e. The first-order valence-corrected chi connectivity index (χ1v) is 11.9. The number of hydrogen-bond donors (Lipinski definition) is 2. The summed E-state index contributed by atoms with van der Waals surface area (Å²) < 4.78 is 26.1. The van der Waals surface area contributed by atoms with Gasteiger partial charge in [-0.2, -0.15) is 0 Å². The molecule has 1 aliphatic heterocycles. The minimum atomic E-state index is -0.936. The number of benzene rings is 2. The number of pyridine rings is 1. The average Bonchev–Trinajstić information content (AvgIpc) is 3.35. The number of anilines is 2. The van der Waals surface area contributed by atoms with Gasteiger partial charge >= 0.3 is 12.0 Å². The lowest BCUT2D eigenvalue weighted by Gasteiger charge is -2.24. The summed E-state index contributed by atoms with van der Waals surface area (Å²) in [4.78, 5) is 51.9. The molecule has 1 aromatic heterocycles. The Bertz CT molecular complexity index is 1430. The van der Waals surface area contributed by atoms with Gasteiger partial charge in [-0.25, -0.2) is 14.0 Å².